The molecule has 9 heteroatoms. The highest BCUT2D eigenvalue weighted by Gasteiger charge is 2.36. The Bertz CT molecular complexity index is 1070. The first-order valence-electron chi connectivity index (χ1n) is 9.72. The Hall–Kier alpha value is -3.36. The molecule has 4 rings (SSSR count). The number of anilines is 2. The average Bonchev–Trinajstić information content (AvgIpc) is 3.08. The summed E-state index contributed by atoms with van der Waals surface area (Å²) in [5.41, 5.74) is 2.17. The minimum atomic E-state index is -0.170. The first-order chi connectivity index (χ1) is 13.9. The molecule has 150 valence electrons. The Kier molecular flexibility index (Phi) is 4.73. The normalized spacial score (nSPS) is 15.2. The van der Waals surface area contributed by atoms with Crippen molar-refractivity contribution in [3.8, 4) is 17.1 Å². The smallest absolute Gasteiger partial charge is 0.221 e. The highest BCUT2D eigenvalue weighted by molar-refractivity contribution is 5.93. The van der Waals surface area contributed by atoms with Crippen LogP contribution in [0.5, 0.6) is 0 Å². The molecule has 0 bridgehead atoms. The maximum atomic E-state index is 11.6. The number of rotatable bonds is 4. The van der Waals surface area contributed by atoms with E-state index in [9.17, 15) is 4.79 Å². The third kappa shape index (κ3) is 3.12. The maximum Gasteiger partial charge on any atom is 0.221 e. The summed E-state index contributed by atoms with van der Waals surface area (Å²) in [6, 6.07) is 2.08. The molecule has 1 unspecified atom stereocenters. The van der Waals surface area contributed by atoms with Crippen molar-refractivity contribution in [3.63, 3.8) is 0 Å². The van der Waals surface area contributed by atoms with Crippen LogP contribution in [-0.2, 0) is 4.79 Å². The van der Waals surface area contributed by atoms with Gasteiger partial charge in [-0.05, 0) is 33.3 Å². The largest absolute Gasteiger partial charge is 0.342 e. The minimum absolute atomic E-state index is 0.0682. The molecule has 1 aliphatic heterocycles. The first kappa shape index (κ1) is 19.0. The summed E-state index contributed by atoms with van der Waals surface area (Å²) >= 11 is 0. The van der Waals surface area contributed by atoms with E-state index in [1.54, 1.807) is 18.6 Å². The van der Waals surface area contributed by atoms with Gasteiger partial charge in [0, 0.05) is 24.7 Å². The Morgan fingerprint density at radius 2 is 2.07 bits per heavy atom. The van der Waals surface area contributed by atoms with Crippen LogP contribution in [0.1, 0.15) is 51.8 Å². The fraction of sp³-hybridized carbons (Fsp3) is 0.400. The molecule has 0 radical (unpaired) electrons. The van der Waals surface area contributed by atoms with Gasteiger partial charge in [0.2, 0.25) is 5.91 Å². The van der Waals surface area contributed by atoms with Gasteiger partial charge < -0.3 is 10.2 Å². The van der Waals surface area contributed by atoms with E-state index in [2.05, 4.69) is 51.2 Å². The highest BCUT2D eigenvalue weighted by Crippen LogP contribution is 2.40. The van der Waals surface area contributed by atoms with Gasteiger partial charge in [-0.3, -0.25) is 14.3 Å². The first-order valence-corrected chi connectivity index (χ1v) is 9.72. The second-order valence-electron chi connectivity index (χ2n) is 7.37. The maximum absolute atomic E-state index is 11.6. The number of nitrogens with one attached hydrogen (secondary N) is 1. The zero-order valence-electron chi connectivity index (χ0n) is 17.2. The number of carbonyl (C=O) groups is 1. The number of fused-ring (bicyclic) bond motifs is 3. The molecule has 1 N–H and O–H groups in total. The van der Waals surface area contributed by atoms with Gasteiger partial charge in [-0.2, -0.15) is 0 Å². The zero-order valence-corrected chi connectivity index (χ0v) is 17.2. The van der Waals surface area contributed by atoms with Crippen molar-refractivity contribution < 1.29 is 4.79 Å². The third-order valence-electron chi connectivity index (χ3n) is 5.03. The predicted molar refractivity (Wildman–Crippen MR) is 110 cm³/mol. The summed E-state index contributed by atoms with van der Waals surface area (Å²) < 4.78 is 2.04. The number of amides is 1. The van der Waals surface area contributed by atoms with Gasteiger partial charge in [0.25, 0.3) is 0 Å². The highest BCUT2D eigenvalue weighted by atomic mass is 16.1. The van der Waals surface area contributed by atoms with Gasteiger partial charge in [-0.25, -0.2) is 9.97 Å². The van der Waals surface area contributed by atoms with Crippen molar-refractivity contribution in [2.75, 3.05) is 10.2 Å². The monoisotopic (exact) mass is 392 g/mol. The number of aromatic nitrogens is 6. The van der Waals surface area contributed by atoms with Crippen LogP contribution in [0, 0.1) is 6.92 Å². The Morgan fingerprint density at radius 1 is 1.28 bits per heavy atom. The number of carbonyl (C=O) groups excluding carboxylic acids is 1. The Labute approximate surface area is 169 Å². The molecule has 0 fully saturated rings. The summed E-state index contributed by atoms with van der Waals surface area (Å²) in [6.07, 6.45) is 5.95. The molecule has 9 nitrogen and oxygen atoms in total. The summed E-state index contributed by atoms with van der Waals surface area (Å²) in [7, 11) is 0. The fourth-order valence-electron chi connectivity index (χ4n) is 3.87. The number of nitrogens with zero attached hydrogens (tertiary/aromatic N) is 7. The van der Waals surface area contributed by atoms with Crippen molar-refractivity contribution in [2.45, 2.75) is 53.1 Å². The lowest BCUT2D eigenvalue weighted by Gasteiger charge is -2.39. The molecule has 3 aromatic heterocycles. The van der Waals surface area contributed by atoms with Crippen molar-refractivity contribution >= 4 is 17.4 Å². The SMILES string of the molecule is CCC1c2nnc(C)n2-c2cnc(-c3ccncc3NC(C)=O)nc2N1C(C)C. The topological polar surface area (TPSA) is 102 Å². The molecule has 4 heterocycles. The lowest BCUT2D eigenvalue weighted by molar-refractivity contribution is -0.114. The van der Waals surface area contributed by atoms with Crippen LogP contribution in [-0.4, -0.2) is 41.7 Å². The van der Waals surface area contributed by atoms with Crippen LogP contribution in [0.2, 0.25) is 0 Å². The molecule has 0 saturated carbocycles. The predicted octanol–water partition coefficient (Wildman–Crippen LogP) is 3.07. The van der Waals surface area contributed by atoms with E-state index in [0.29, 0.717) is 11.5 Å². The molecule has 3 aromatic rings. The summed E-state index contributed by atoms with van der Waals surface area (Å²) in [6.45, 7) is 9.82. The van der Waals surface area contributed by atoms with Gasteiger partial charge in [0.1, 0.15) is 11.5 Å². The number of pyridine rings is 1. The van der Waals surface area contributed by atoms with E-state index in [1.807, 2.05) is 17.6 Å². The molecule has 0 aromatic carbocycles. The Balaban J connectivity index is 1.92. The molecule has 0 aliphatic carbocycles. The van der Waals surface area contributed by atoms with Gasteiger partial charge in [0.15, 0.2) is 17.5 Å². The summed E-state index contributed by atoms with van der Waals surface area (Å²) in [5, 5.41) is 11.5. The van der Waals surface area contributed by atoms with Crippen molar-refractivity contribution in [1.29, 1.82) is 0 Å². The number of aryl methyl sites for hydroxylation is 1. The molecular weight excluding hydrogens is 368 g/mol. The van der Waals surface area contributed by atoms with Crippen LogP contribution >= 0.6 is 0 Å². The fourth-order valence-corrected chi connectivity index (χ4v) is 3.87. The molecule has 1 atom stereocenters. The standard InChI is InChI=1S/C20H24N8O/c1-6-16-20-26-25-12(4)28(20)17-10-22-18(24-19(17)27(16)11(2)3)14-7-8-21-9-15(14)23-13(5)29/h7-11,16H,6H2,1-5H3,(H,23,29). The van der Waals surface area contributed by atoms with Crippen molar-refractivity contribution in [1.82, 2.24) is 29.7 Å². The van der Waals surface area contributed by atoms with Crippen LogP contribution in [0.15, 0.2) is 24.7 Å². The van der Waals surface area contributed by atoms with E-state index in [-0.39, 0.29) is 18.0 Å². The van der Waals surface area contributed by atoms with Gasteiger partial charge in [-0.1, -0.05) is 6.92 Å². The van der Waals surface area contributed by atoms with Gasteiger partial charge in [-0.15, -0.1) is 10.2 Å². The zero-order chi connectivity index (χ0) is 20.7. The van der Waals surface area contributed by atoms with Gasteiger partial charge >= 0.3 is 0 Å². The minimum Gasteiger partial charge on any atom is -0.342 e. The van der Waals surface area contributed by atoms with E-state index < -0.39 is 0 Å². The molecule has 0 spiro atoms. The number of hydrogen-bond acceptors (Lipinski definition) is 7. The van der Waals surface area contributed by atoms with Crippen LogP contribution in [0.25, 0.3) is 17.1 Å². The Morgan fingerprint density at radius 3 is 2.76 bits per heavy atom. The van der Waals surface area contributed by atoms with E-state index in [0.717, 1.165) is 35.1 Å². The second kappa shape index (κ2) is 7.23. The van der Waals surface area contributed by atoms with E-state index >= 15 is 0 Å². The van der Waals surface area contributed by atoms with Crippen LogP contribution in [0.4, 0.5) is 11.5 Å². The molecule has 0 saturated heterocycles. The third-order valence-corrected chi connectivity index (χ3v) is 5.03. The molecule has 1 aliphatic rings. The average molecular weight is 392 g/mol. The van der Waals surface area contributed by atoms with Gasteiger partial charge in [0.05, 0.1) is 24.1 Å². The summed E-state index contributed by atoms with van der Waals surface area (Å²) in [5.74, 6) is 2.91. The van der Waals surface area contributed by atoms with Crippen molar-refractivity contribution in [3.05, 3.63) is 36.3 Å². The van der Waals surface area contributed by atoms with Crippen LogP contribution < -0.4 is 10.2 Å². The lowest BCUT2D eigenvalue weighted by atomic mass is 10.1. The van der Waals surface area contributed by atoms with E-state index in [1.165, 1.54) is 6.92 Å². The van der Waals surface area contributed by atoms with E-state index in [4.69, 9.17) is 4.98 Å². The lowest BCUT2D eigenvalue weighted by Crippen LogP contribution is -2.40. The quantitative estimate of drug-likeness (QED) is 0.728. The molecule has 29 heavy (non-hydrogen) atoms. The molecular formula is C20H24N8O. The number of hydrogen-bond donors (Lipinski definition) is 1. The second-order valence-corrected chi connectivity index (χ2v) is 7.37. The van der Waals surface area contributed by atoms with Crippen molar-refractivity contribution in [2.24, 2.45) is 0 Å². The summed E-state index contributed by atoms with van der Waals surface area (Å²) in [4.78, 5) is 27.5. The van der Waals surface area contributed by atoms with Crippen LogP contribution in [0.3, 0.4) is 0 Å². The molecule has 1 amide bonds.